The van der Waals surface area contributed by atoms with Crippen molar-refractivity contribution in [3.8, 4) is 0 Å². The highest BCUT2D eigenvalue weighted by atomic mass is 32.2. The number of carbonyl (C=O) groups excluding carboxylic acids is 2. The number of hydrogen-bond acceptors (Lipinski definition) is 6. The Morgan fingerprint density at radius 2 is 1.83 bits per heavy atom. The summed E-state index contributed by atoms with van der Waals surface area (Å²) in [6.07, 6.45) is 2.48. The molecule has 1 aromatic rings. The minimum atomic E-state index is -3.64. The van der Waals surface area contributed by atoms with E-state index in [1.165, 1.54) is 35.5 Å². The van der Waals surface area contributed by atoms with Gasteiger partial charge in [0.25, 0.3) is 0 Å². The number of benzene rings is 1. The van der Waals surface area contributed by atoms with E-state index < -0.39 is 10.0 Å². The van der Waals surface area contributed by atoms with Gasteiger partial charge < -0.3 is 14.4 Å². The molecule has 0 aliphatic carbocycles. The Kier molecular flexibility index (Phi) is 7.39. The zero-order valence-electron chi connectivity index (χ0n) is 16.7. The van der Waals surface area contributed by atoms with Crippen LogP contribution in [0.3, 0.4) is 0 Å². The van der Waals surface area contributed by atoms with Crippen molar-refractivity contribution in [3.63, 3.8) is 0 Å². The lowest BCUT2D eigenvalue weighted by atomic mass is 10.2. The third kappa shape index (κ3) is 5.63. The van der Waals surface area contributed by atoms with Crippen molar-refractivity contribution in [2.45, 2.75) is 37.2 Å². The van der Waals surface area contributed by atoms with Crippen molar-refractivity contribution in [2.75, 3.05) is 46.0 Å². The van der Waals surface area contributed by atoms with Crippen LogP contribution >= 0.6 is 0 Å². The molecule has 2 aliphatic heterocycles. The van der Waals surface area contributed by atoms with Crippen LogP contribution in [0.5, 0.6) is 0 Å². The molecule has 3 rings (SSSR count). The van der Waals surface area contributed by atoms with Crippen LogP contribution in [0.4, 0.5) is 0 Å². The number of ether oxygens (including phenoxy) is 2. The predicted octanol–water partition coefficient (Wildman–Crippen LogP) is 1.31. The Hall–Kier alpha value is -1.81. The molecule has 2 heterocycles. The number of ketones is 1. The molecule has 1 atom stereocenters. The van der Waals surface area contributed by atoms with E-state index in [1.807, 2.05) is 0 Å². The van der Waals surface area contributed by atoms with Crippen LogP contribution in [0.15, 0.2) is 29.2 Å². The normalized spacial score (nSPS) is 20.7. The summed E-state index contributed by atoms with van der Waals surface area (Å²) in [4.78, 5) is 25.5. The standard InChI is InChI=1S/C20H28N2O6S/c1-16(23)17-4-6-19(7-5-17)29(25,26)22-11-9-21(10-12-22)20(24)8-14-27-15-18-3-2-13-28-18/h4-7,18H,2-3,8-15H2,1H3. The number of sulfonamides is 1. The first-order valence-electron chi connectivity index (χ1n) is 9.96. The van der Waals surface area contributed by atoms with E-state index in [4.69, 9.17) is 9.47 Å². The van der Waals surface area contributed by atoms with Gasteiger partial charge in [-0.25, -0.2) is 8.42 Å². The zero-order valence-corrected chi connectivity index (χ0v) is 17.5. The average Bonchev–Trinajstić information content (AvgIpc) is 3.25. The first kappa shape index (κ1) is 21.9. The highest BCUT2D eigenvalue weighted by molar-refractivity contribution is 7.89. The third-order valence-electron chi connectivity index (χ3n) is 5.28. The maximum Gasteiger partial charge on any atom is 0.243 e. The van der Waals surface area contributed by atoms with E-state index in [-0.39, 0.29) is 42.2 Å². The molecule has 2 fully saturated rings. The molecule has 1 unspecified atom stereocenters. The number of Topliss-reactive ketones (excluding diaryl/α,β-unsaturated/α-hetero) is 1. The quantitative estimate of drug-likeness (QED) is 0.461. The summed E-state index contributed by atoms with van der Waals surface area (Å²) < 4.78 is 38.0. The molecule has 160 valence electrons. The lowest BCUT2D eigenvalue weighted by Gasteiger charge is -2.34. The summed E-state index contributed by atoms with van der Waals surface area (Å²) in [5, 5.41) is 0. The Morgan fingerprint density at radius 1 is 1.14 bits per heavy atom. The second-order valence-electron chi connectivity index (χ2n) is 7.33. The zero-order chi connectivity index (χ0) is 20.9. The predicted molar refractivity (Wildman–Crippen MR) is 106 cm³/mol. The van der Waals surface area contributed by atoms with Crippen LogP contribution in [-0.2, 0) is 24.3 Å². The summed E-state index contributed by atoms with van der Waals surface area (Å²) >= 11 is 0. The molecule has 0 N–H and O–H groups in total. The SMILES string of the molecule is CC(=O)c1ccc(S(=O)(=O)N2CCN(C(=O)CCOCC3CCCO3)CC2)cc1. The van der Waals surface area contributed by atoms with Gasteiger partial charge in [-0.1, -0.05) is 12.1 Å². The van der Waals surface area contributed by atoms with Gasteiger partial charge in [0.15, 0.2) is 5.78 Å². The highest BCUT2D eigenvalue weighted by Crippen LogP contribution is 2.19. The van der Waals surface area contributed by atoms with Crippen LogP contribution in [0.25, 0.3) is 0 Å². The molecule has 1 amide bonds. The third-order valence-corrected chi connectivity index (χ3v) is 7.19. The van der Waals surface area contributed by atoms with E-state index in [0.29, 0.717) is 31.9 Å². The number of rotatable bonds is 8. The topological polar surface area (TPSA) is 93.2 Å². The fourth-order valence-corrected chi connectivity index (χ4v) is 4.92. The smallest absolute Gasteiger partial charge is 0.243 e. The Bertz CT molecular complexity index is 810. The number of nitrogens with zero attached hydrogens (tertiary/aromatic N) is 2. The second kappa shape index (κ2) is 9.80. The number of amides is 1. The van der Waals surface area contributed by atoms with Gasteiger partial charge in [-0.2, -0.15) is 4.31 Å². The van der Waals surface area contributed by atoms with Crippen molar-refractivity contribution in [1.82, 2.24) is 9.21 Å². The van der Waals surface area contributed by atoms with Gasteiger partial charge in [0.05, 0.1) is 30.6 Å². The van der Waals surface area contributed by atoms with E-state index in [9.17, 15) is 18.0 Å². The molecule has 0 aromatic heterocycles. The molecule has 0 saturated carbocycles. The van der Waals surface area contributed by atoms with E-state index in [1.54, 1.807) is 4.90 Å². The molecule has 0 radical (unpaired) electrons. The molecular formula is C20H28N2O6S. The summed E-state index contributed by atoms with van der Waals surface area (Å²) in [7, 11) is -3.64. The van der Waals surface area contributed by atoms with Crippen LogP contribution < -0.4 is 0 Å². The van der Waals surface area contributed by atoms with Gasteiger partial charge in [-0.15, -0.1) is 0 Å². The van der Waals surface area contributed by atoms with E-state index in [0.717, 1.165) is 19.4 Å². The summed E-state index contributed by atoms with van der Waals surface area (Å²) in [6, 6.07) is 5.95. The molecule has 29 heavy (non-hydrogen) atoms. The van der Waals surface area contributed by atoms with Gasteiger partial charge in [-0.05, 0) is 31.9 Å². The molecule has 0 bridgehead atoms. The van der Waals surface area contributed by atoms with Crippen LogP contribution in [0.2, 0.25) is 0 Å². The van der Waals surface area contributed by atoms with Crippen molar-refractivity contribution in [3.05, 3.63) is 29.8 Å². The maximum absolute atomic E-state index is 12.8. The summed E-state index contributed by atoms with van der Waals surface area (Å²) in [5.74, 6) is -0.138. The minimum Gasteiger partial charge on any atom is -0.378 e. The molecule has 8 nitrogen and oxygen atoms in total. The fraction of sp³-hybridized carbons (Fsp3) is 0.600. The van der Waals surface area contributed by atoms with Gasteiger partial charge in [-0.3, -0.25) is 9.59 Å². The summed E-state index contributed by atoms with van der Waals surface area (Å²) in [5.41, 5.74) is 0.473. The van der Waals surface area contributed by atoms with E-state index in [2.05, 4.69) is 0 Å². The maximum atomic E-state index is 12.8. The van der Waals surface area contributed by atoms with Crippen LogP contribution in [0, 0.1) is 0 Å². The molecule has 9 heteroatoms. The first-order chi connectivity index (χ1) is 13.9. The monoisotopic (exact) mass is 424 g/mol. The fourth-order valence-electron chi connectivity index (χ4n) is 3.50. The minimum absolute atomic E-state index is 0.0276. The first-order valence-corrected chi connectivity index (χ1v) is 11.4. The lowest BCUT2D eigenvalue weighted by molar-refractivity contribution is -0.133. The highest BCUT2D eigenvalue weighted by Gasteiger charge is 2.30. The van der Waals surface area contributed by atoms with E-state index >= 15 is 0 Å². The van der Waals surface area contributed by atoms with Crippen LogP contribution in [-0.4, -0.2) is 81.4 Å². The molecule has 2 aliphatic rings. The largest absolute Gasteiger partial charge is 0.378 e. The Labute approximate surface area is 171 Å². The Morgan fingerprint density at radius 3 is 2.41 bits per heavy atom. The van der Waals surface area contributed by atoms with Gasteiger partial charge in [0.1, 0.15) is 0 Å². The van der Waals surface area contributed by atoms with Crippen molar-refractivity contribution >= 4 is 21.7 Å². The van der Waals surface area contributed by atoms with Crippen LogP contribution in [0.1, 0.15) is 36.5 Å². The molecule has 2 saturated heterocycles. The molecular weight excluding hydrogens is 396 g/mol. The lowest BCUT2D eigenvalue weighted by Crippen LogP contribution is -2.50. The van der Waals surface area contributed by atoms with Gasteiger partial charge in [0.2, 0.25) is 15.9 Å². The number of carbonyl (C=O) groups is 2. The molecule has 1 aromatic carbocycles. The van der Waals surface area contributed by atoms with Crippen molar-refractivity contribution in [1.29, 1.82) is 0 Å². The average molecular weight is 425 g/mol. The number of hydrogen-bond donors (Lipinski definition) is 0. The molecule has 0 spiro atoms. The van der Waals surface area contributed by atoms with Gasteiger partial charge >= 0.3 is 0 Å². The van der Waals surface area contributed by atoms with Crippen molar-refractivity contribution < 1.29 is 27.5 Å². The summed E-state index contributed by atoms with van der Waals surface area (Å²) in [6.45, 7) is 4.29. The second-order valence-corrected chi connectivity index (χ2v) is 9.26. The Balaban J connectivity index is 1.45. The number of piperazine rings is 1. The van der Waals surface area contributed by atoms with Gasteiger partial charge in [0, 0.05) is 38.3 Å². The van der Waals surface area contributed by atoms with Crippen molar-refractivity contribution in [2.24, 2.45) is 0 Å².